The number of hydrogen-bond donors (Lipinski definition) is 1. The van der Waals surface area contributed by atoms with Crippen molar-refractivity contribution in [2.75, 3.05) is 32.7 Å². The molecule has 6 nitrogen and oxygen atoms in total. The lowest BCUT2D eigenvalue weighted by Crippen LogP contribution is -2.40. The van der Waals surface area contributed by atoms with Gasteiger partial charge in [0.2, 0.25) is 5.91 Å². The predicted molar refractivity (Wildman–Crippen MR) is 107 cm³/mol. The Balaban J connectivity index is 1.38. The molecule has 1 N–H and O–H groups in total. The van der Waals surface area contributed by atoms with Crippen molar-refractivity contribution in [1.29, 1.82) is 0 Å². The molecule has 2 aliphatic rings. The molecule has 27 heavy (non-hydrogen) atoms. The molecule has 0 spiro atoms. The topological polar surface area (TPSA) is 69.7 Å². The van der Waals surface area contributed by atoms with E-state index in [4.69, 9.17) is 0 Å². The quantitative estimate of drug-likeness (QED) is 0.668. The van der Waals surface area contributed by atoms with E-state index < -0.39 is 0 Å². The van der Waals surface area contributed by atoms with Gasteiger partial charge in [0.15, 0.2) is 0 Å². The number of nitrogens with zero attached hydrogens (tertiary/aromatic N) is 2. The van der Waals surface area contributed by atoms with Gasteiger partial charge in [0.25, 0.3) is 11.8 Å². The number of amides is 3. The predicted octanol–water partition coefficient (Wildman–Crippen LogP) is 2.67. The zero-order valence-corrected chi connectivity index (χ0v) is 17.3. The molecular weight excluding hydrogens is 410 g/mol. The van der Waals surface area contributed by atoms with Gasteiger partial charge in [-0.3, -0.25) is 19.3 Å². The smallest absolute Gasteiger partial charge is 0.261 e. The summed E-state index contributed by atoms with van der Waals surface area (Å²) in [5, 5.41) is 2.94. The van der Waals surface area contributed by atoms with Crippen molar-refractivity contribution < 1.29 is 14.4 Å². The number of carbonyl (C=O) groups excluding carboxylic acids is 3. The van der Waals surface area contributed by atoms with Crippen LogP contribution in [0, 0.1) is 5.92 Å². The number of halogens is 1. The fourth-order valence-corrected chi connectivity index (χ4v) is 4.16. The Bertz CT molecular complexity index is 737. The Morgan fingerprint density at radius 2 is 2.00 bits per heavy atom. The van der Waals surface area contributed by atoms with E-state index in [1.807, 2.05) is 0 Å². The normalized spacial score (nSPS) is 20.1. The largest absolute Gasteiger partial charge is 0.355 e. The van der Waals surface area contributed by atoms with E-state index in [1.54, 1.807) is 18.2 Å². The number of fused-ring (bicyclic) bond motifs is 1. The minimum Gasteiger partial charge on any atom is -0.355 e. The lowest BCUT2D eigenvalue weighted by molar-refractivity contribution is -0.121. The third-order valence-corrected chi connectivity index (χ3v) is 5.70. The fraction of sp³-hybridized carbons (Fsp3) is 0.550. The van der Waals surface area contributed by atoms with Gasteiger partial charge in [-0.05, 0) is 49.9 Å². The summed E-state index contributed by atoms with van der Waals surface area (Å²) in [4.78, 5) is 40.4. The van der Waals surface area contributed by atoms with Crippen molar-refractivity contribution in [3.63, 3.8) is 0 Å². The van der Waals surface area contributed by atoms with Crippen molar-refractivity contribution in [2.45, 2.75) is 32.6 Å². The second-order valence-corrected chi connectivity index (χ2v) is 8.37. The lowest BCUT2D eigenvalue weighted by atomic mass is 10.0. The van der Waals surface area contributed by atoms with Crippen LogP contribution in [-0.2, 0) is 4.79 Å². The molecule has 2 heterocycles. The molecule has 7 heteroatoms. The van der Waals surface area contributed by atoms with Crippen molar-refractivity contribution >= 4 is 33.7 Å². The molecule has 0 saturated carbocycles. The second kappa shape index (κ2) is 8.97. The highest BCUT2D eigenvalue weighted by Crippen LogP contribution is 2.26. The first-order chi connectivity index (χ1) is 13.0. The second-order valence-electron chi connectivity index (χ2n) is 7.45. The molecule has 0 bridgehead atoms. The molecule has 1 saturated heterocycles. The Kier molecular flexibility index (Phi) is 6.65. The zero-order chi connectivity index (χ0) is 19.4. The SMILES string of the molecule is CC1CCCN(CCNC(=O)CCCN2C(=O)c3ccc(Br)cc3C2=O)C1. The summed E-state index contributed by atoms with van der Waals surface area (Å²) in [6.45, 7) is 6.27. The highest BCUT2D eigenvalue weighted by atomic mass is 79.9. The molecule has 0 aromatic heterocycles. The van der Waals surface area contributed by atoms with Crippen molar-refractivity contribution in [1.82, 2.24) is 15.1 Å². The molecule has 2 aliphatic heterocycles. The molecule has 1 unspecified atom stereocenters. The first-order valence-electron chi connectivity index (χ1n) is 9.60. The third-order valence-electron chi connectivity index (χ3n) is 5.21. The standard InChI is InChI=1S/C20H26BrN3O3/c1-14-4-2-9-23(13-14)11-8-22-18(25)5-3-10-24-19(26)16-7-6-15(21)12-17(16)20(24)27/h6-7,12,14H,2-5,8-11,13H2,1H3,(H,22,25). The van der Waals surface area contributed by atoms with Crippen LogP contribution in [0.1, 0.15) is 53.3 Å². The number of imide groups is 1. The van der Waals surface area contributed by atoms with Crippen LogP contribution in [0.5, 0.6) is 0 Å². The third kappa shape index (κ3) is 4.96. The maximum absolute atomic E-state index is 12.4. The maximum atomic E-state index is 12.4. The minimum absolute atomic E-state index is 0.0283. The Morgan fingerprint density at radius 1 is 1.22 bits per heavy atom. The van der Waals surface area contributed by atoms with Gasteiger partial charge in [-0.25, -0.2) is 0 Å². The van der Waals surface area contributed by atoms with Gasteiger partial charge in [-0.15, -0.1) is 0 Å². The summed E-state index contributed by atoms with van der Waals surface area (Å²) in [5.41, 5.74) is 0.859. The Morgan fingerprint density at radius 3 is 2.78 bits per heavy atom. The van der Waals surface area contributed by atoms with Gasteiger partial charge in [0.05, 0.1) is 11.1 Å². The van der Waals surface area contributed by atoms with E-state index in [0.29, 0.717) is 30.5 Å². The summed E-state index contributed by atoms with van der Waals surface area (Å²) in [6.07, 6.45) is 3.30. The molecule has 1 aromatic rings. The highest BCUT2D eigenvalue weighted by molar-refractivity contribution is 9.10. The van der Waals surface area contributed by atoms with Gasteiger partial charge in [-0.1, -0.05) is 22.9 Å². The van der Waals surface area contributed by atoms with E-state index >= 15 is 0 Å². The molecule has 0 radical (unpaired) electrons. The number of nitrogens with one attached hydrogen (secondary N) is 1. The average molecular weight is 436 g/mol. The summed E-state index contributed by atoms with van der Waals surface area (Å²) in [6, 6.07) is 5.08. The zero-order valence-electron chi connectivity index (χ0n) is 15.7. The van der Waals surface area contributed by atoms with Gasteiger partial charge in [-0.2, -0.15) is 0 Å². The van der Waals surface area contributed by atoms with Crippen LogP contribution in [0.15, 0.2) is 22.7 Å². The van der Waals surface area contributed by atoms with E-state index in [9.17, 15) is 14.4 Å². The summed E-state index contributed by atoms with van der Waals surface area (Å²) >= 11 is 3.32. The first-order valence-corrected chi connectivity index (χ1v) is 10.4. The summed E-state index contributed by atoms with van der Waals surface area (Å²) in [7, 11) is 0. The van der Waals surface area contributed by atoms with Crippen LogP contribution in [0.25, 0.3) is 0 Å². The summed E-state index contributed by atoms with van der Waals surface area (Å²) in [5.74, 6) is 0.146. The van der Waals surface area contributed by atoms with E-state index in [-0.39, 0.29) is 24.3 Å². The molecule has 1 atom stereocenters. The fourth-order valence-electron chi connectivity index (χ4n) is 3.80. The Labute approximate surface area is 168 Å². The Hall–Kier alpha value is -1.73. The van der Waals surface area contributed by atoms with Crippen molar-refractivity contribution in [3.05, 3.63) is 33.8 Å². The minimum atomic E-state index is -0.282. The van der Waals surface area contributed by atoms with Gasteiger partial charge in [0, 0.05) is 37.1 Å². The number of piperidine rings is 1. The first kappa shape index (κ1) is 20.0. The van der Waals surface area contributed by atoms with Gasteiger partial charge >= 0.3 is 0 Å². The molecule has 1 fully saturated rings. The van der Waals surface area contributed by atoms with E-state index in [1.165, 1.54) is 17.7 Å². The van der Waals surface area contributed by atoms with Crippen LogP contribution in [-0.4, -0.2) is 60.2 Å². The molecular formula is C20H26BrN3O3. The van der Waals surface area contributed by atoms with Crippen LogP contribution in [0.3, 0.4) is 0 Å². The molecule has 3 amide bonds. The van der Waals surface area contributed by atoms with Crippen LogP contribution < -0.4 is 5.32 Å². The number of hydrogen-bond acceptors (Lipinski definition) is 4. The molecule has 1 aromatic carbocycles. The highest BCUT2D eigenvalue weighted by Gasteiger charge is 2.35. The molecule has 146 valence electrons. The van der Waals surface area contributed by atoms with Crippen LogP contribution >= 0.6 is 15.9 Å². The average Bonchev–Trinajstić information content (AvgIpc) is 2.86. The number of carbonyl (C=O) groups is 3. The number of benzene rings is 1. The molecule has 0 aliphatic carbocycles. The number of likely N-dealkylation sites (tertiary alicyclic amines) is 1. The van der Waals surface area contributed by atoms with Crippen LogP contribution in [0.2, 0.25) is 0 Å². The maximum Gasteiger partial charge on any atom is 0.261 e. The van der Waals surface area contributed by atoms with Crippen molar-refractivity contribution in [3.8, 4) is 0 Å². The number of rotatable bonds is 7. The van der Waals surface area contributed by atoms with Crippen LogP contribution in [0.4, 0.5) is 0 Å². The monoisotopic (exact) mass is 435 g/mol. The van der Waals surface area contributed by atoms with E-state index in [0.717, 1.165) is 30.0 Å². The van der Waals surface area contributed by atoms with Gasteiger partial charge in [0.1, 0.15) is 0 Å². The van der Waals surface area contributed by atoms with E-state index in [2.05, 4.69) is 33.1 Å². The van der Waals surface area contributed by atoms with Crippen molar-refractivity contribution in [2.24, 2.45) is 5.92 Å². The lowest BCUT2D eigenvalue weighted by Gasteiger charge is -2.30. The van der Waals surface area contributed by atoms with Gasteiger partial charge < -0.3 is 10.2 Å². The summed E-state index contributed by atoms with van der Waals surface area (Å²) < 4.78 is 0.770. The molecule has 3 rings (SSSR count).